The topological polar surface area (TPSA) is 90.3 Å². The molecule has 1 amide bonds. The Hall–Kier alpha value is -1.91. The van der Waals surface area contributed by atoms with Crippen molar-refractivity contribution < 1.29 is 13.2 Å². The minimum Gasteiger partial charge on any atom is -0.348 e. The Labute approximate surface area is 112 Å². The molecule has 7 heteroatoms. The monoisotopic (exact) mass is 281 g/mol. The molecule has 6 nitrogen and oxygen atoms in total. The second-order valence-corrected chi connectivity index (χ2v) is 5.98. The Bertz CT molecular complexity index is 586. The largest absolute Gasteiger partial charge is 0.348 e. The van der Waals surface area contributed by atoms with Gasteiger partial charge in [0.2, 0.25) is 15.9 Å². The molecule has 1 rings (SSSR count). The van der Waals surface area contributed by atoms with E-state index in [9.17, 15) is 13.2 Å². The first-order valence-electron chi connectivity index (χ1n) is 5.50. The van der Waals surface area contributed by atoms with Crippen LogP contribution in [0.15, 0.2) is 24.3 Å². The Balaban J connectivity index is 2.64. The third-order valence-electron chi connectivity index (χ3n) is 2.38. The minimum atomic E-state index is -3.56. The third kappa shape index (κ3) is 5.07. The lowest BCUT2D eigenvalue weighted by atomic mass is 10.2. The van der Waals surface area contributed by atoms with Crippen molar-refractivity contribution in [1.82, 2.24) is 9.62 Å². The van der Waals surface area contributed by atoms with Crippen molar-refractivity contribution in [3.05, 3.63) is 35.4 Å². The number of hydrogen-bond donors (Lipinski definition) is 1. The Morgan fingerprint density at radius 2 is 1.89 bits per heavy atom. The van der Waals surface area contributed by atoms with Crippen LogP contribution in [0.2, 0.25) is 0 Å². The number of carbonyl (C=O) groups excluding carboxylic acids is 1. The van der Waals surface area contributed by atoms with E-state index in [4.69, 9.17) is 5.26 Å². The van der Waals surface area contributed by atoms with Crippen LogP contribution in [0.3, 0.4) is 0 Å². The lowest BCUT2D eigenvalue weighted by Crippen LogP contribution is -2.36. The number of rotatable bonds is 5. The lowest BCUT2D eigenvalue weighted by Gasteiger charge is -2.11. The number of nitriles is 1. The predicted molar refractivity (Wildman–Crippen MR) is 70.5 cm³/mol. The molecule has 0 aliphatic carbocycles. The highest BCUT2D eigenvalue weighted by atomic mass is 32.2. The van der Waals surface area contributed by atoms with Crippen LogP contribution in [0.5, 0.6) is 0 Å². The maximum absolute atomic E-state index is 11.7. The summed E-state index contributed by atoms with van der Waals surface area (Å²) in [4.78, 5) is 12.6. The smallest absolute Gasteiger partial charge is 0.237 e. The van der Waals surface area contributed by atoms with Crippen LogP contribution in [-0.2, 0) is 20.6 Å². The molecule has 0 atom stereocenters. The molecule has 0 radical (unpaired) electrons. The molecule has 0 spiro atoms. The molecular formula is C12H15N3O3S. The third-order valence-corrected chi connectivity index (χ3v) is 3.68. The summed E-state index contributed by atoms with van der Waals surface area (Å²) in [5.41, 5.74) is 1.03. The molecule has 0 saturated heterocycles. The van der Waals surface area contributed by atoms with Crippen LogP contribution in [0.25, 0.3) is 0 Å². The van der Waals surface area contributed by atoms with Gasteiger partial charge in [0, 0.05) is 14.1 Å². The van der Waals surface area contributed by atoms with Crippen molar-refractivity contribution >= 4 is 15.9 Å². The highest BCUT2D eigenvalue weighted by Crippen LogP contribution is 2.07. The zero-order chi connectivity index (χ0) is 14.5. The normalized spacial score (nSPS) is 10.8. The second-order valence-electron chi connectivity index (χ2n) is 4.18. The summed E-state index contributed by atoms with van der Waals surface area (Å²) in [6, 6.07) is 8.21. The molecule has 1 aromatic rings. The number of amides is 1. The van der Waals surface area contributed by atoms with Crippen LogP contribution >= 0.6 is 0 Å². The molecule has 0 heterocycles. The fraction of sp³-hybridized carbons (Fsp3) is 0.333. The Kier molecular flexibility index (Phi) is 5.03. The molecule has 0 unspecified atom stereocenters. The molecule has 0 aliphatic heterocycles. The van der Waals surface area contributed by atoms with Gasteiger partial charge in [0.15, 0.2) is 0 Å². The molecule has 102 valence electrons. The minimum absolute atomic E-state index is 0.223. The molecule has 0 bridgehead atoms. The van der Waals surface area contributed by atoms with Crippen molar-refractivity contribution in [2.24, 2.45) is 0 Å². The maximum Gasteiger partial charge on any atom is 0.237 e. The van der Waals surface area contributed by atoms with Crippen molar-refractivity contribution in [1.29, 1.82) is 5.26 Å². The fourth-order valence-corrected chi connectivity index (χ4v) is 2.35. The number of nitrogens with one attached hydrogen (secondary N) is 1. The molecular weight excluding hydrogens is 266 g/mol. The summed E-state index contributed by atoms with van der Waals surface area (Å²) in [5.74, 6) is -0.539. The van der Waals surface area contributed by atoms with Crippen LogP contribution in [0, 0.1) is 11.3 Å². The van der Waals surface area contributed by atoms with Gasteiger partial charge in [-0.05, 0) is 17.7 Å². The van der Waals surface area contributed by atoms with E-state index in [0.29, 0.717) is 11.1 Å². The van der Waals surface area contributed by atoms with Gasteiger partial charge in [-0.3, -0.25) is 4.79 Å². The summed E-state index contributed by atoms with van der Waals surface area (Å²) < 4.78 is 25.7. The van der Waals surface area contributed by atoms with Gasteiger partial charge in [0.05, 0.1) is 23.9 Å². The quantitative estimate of drug-likeness (QED) is 0.826. The number of sulfonamides is 1. The molecule has 19 heavy (non-hydrogen) atoms. The summed E-state index contributed by atoms with van der Waals surface area (Å²) in [5, 5.41) is 8.64. The van der Waals surface area contributed by atoms with Crippen molar-refractivity contribution in [2.75, 3.05) is 20.6 Å². The van der Waals surface area contributed by atoms with Crippen LogP contribution in [0.4, 0.5) is 0 Å². The number of likely N-dealkylation sites (N-methyl/N-ethyl adjacent to an activating group) is 1. The highest BCUT2D eigenvalue weighted by molar-refractivity contribution is 7.88. The fourth-order valence-electron chi connectivity index (χ4n) is 1.28. The van der Waals surface area contributed by atoms with Crippen molar-refractivity contribution in [3.63, 3.8) is 0 Å². The first-order chi connectivity index (χ1) is 8.84. The summed E-state index contributed by atoms with van der Waals surface area (Å²) in [6.45, 7) is -0.258. The number of carbonyl (C=O) groups is 1. The van der Waals surface area contributed by atoms with E-state index >= 15 is 0 Å². The van der Waals surface area contributed by atoms with E-state index in [1.807, 2.05) is 6.07 Å². The van der Waals surface area contributed by atoms with Gasteiger partial charge in [-0.15, -0.1) is 0 Å². The molecule has 1 N–H and O–H groups in total. The molecule has 0 aromatic heterocycles. The van der Waals surface area contributed by atoms with E-state index in [1.54, 1.807) is 38.4 Å². The van der Waals surface area contributed by atoms with Gasteiger partial charge in [-0.2, -0.15) is 5.26 Å². The van der Waals surface area contributed by atoms with Gasteiger partial charge in [-0.1, -0.05) is 12.1 Å². The number of benzene rings is 1. The van der Waals surface area contributed by atoms with Crippen LogP contribution in [0.1, 0.15) is 11.1 Å². The van der Waals surface area contributed by atoms with Crippen molar-refractivity contribution in [2.45, 2.75) is 5.75 Å². The Morgan fingerprint density at radius 3 is 2.37 bits per heavy atom. The zero-order valence-corrected chi connectivity index (χ0v) is 11.6. The SMILES string of the molecule is CN(C)C(=O)CNS(=O)(=O)Cc1ccc(C#N)cc1. The van der Waals surface area contributed by atoms with E-state index in [1.165, 1.54) is 4.90 Å². The van der Waals surface area contributed by atoms with E-state index in [0.717, 1.165) is 0 Å². The van der Waals surface area contributed by atoms with Crippen LogP contribution < -0.4 is 4.72 Å². The standard InChI is InChI=1S/C12H15N3O3S/c1-15(2)12(16)8-14-19(17,18)9-11-5-3-10(7-13)4-6-11/h3-6,14H,8-9H2,1-2H3. The average Bonchev–Trinajstić information content (AvgIpc) is 2.36. The average molecular weight is 281 g/mol. The molecule has 0 saturated carbocycles. The highest BCUT2D eigenvalue weighted by Gasteiger charge is 2.14. The van der Waals surface area contributed by atoms with E-state index in [2.05, 4.69) is 4.72 Å². The zero-order valence-electron chi connectivity index (χ0n) is 10.8. The van der Waals surface area contributed by atoms with Gasteiger partial charge in [-0.25, -0.2) is 13.1 Å². The van der Waals surface area contributed by atoms with Gasteiger partial charge in [0.25, 0.3) is 0 Å². The Morgan fingerprint density at radius 1 is 1.32 bits per heavy atom. The summed E-state index contributed by atoms with van der Waals surface area (Å²) >= 11 is 0. The maximum atomic E-state index is 11.7. The van der Waals surface area contributed by atoms with Gasteiger partial charge >= 0.3 is 0 Å². The molecule has 0 fully saturated rings. The van der Waals surface area contributed by atoms with E-state index < -0.39 is 10.0 Å². The first kappa shape index (κ1) is 15.1. The summed E-state index contributed by atoms with van der Waals surface area (Å²) in [7, 11) is -0.458. The lowest BCUT2D eigenvalue weighted by molar-refractivity contribution is -0.127. The van der Waals surface area contributed by atoms with Gasteiger partial charge in [0.1, 0.15) is 0 Å². The number of nitrogens with zero attached hydrogens (tertiary/aromatic N) is 2. The van der Waals surface area contributed by atoms with Gasteiger partial charge < -0.3 is 4.90 Å². The van der Waals surface area contributed by atoms with Crippen molar-refractivity contribution in [3.8, 4) is 6.07 Å². The second kappa shape index (κ2) is 6.31. The summed E-state index contributed by atoms with van der Waals surface area (Å²) in [6.07, 6.45) is 0. The molecule has 0 aliphatic rings. The first-order valence-corrected chi connectivity index (χ1v) is 7.16. The number of hydrogen-bond acceptors (Lipinski definition) is 4. The molecule has 1 aromatic carbocycles. The van der Waals surface area contributed by atoms with Crippen LogP contribution in [-0.4, -0.2) is 39.9 Å². The van der Waals surface area contributed by atoms with E-state index in [-0.39, 0.29) is 18.2 Å². The predicted octanol–water partition coefficient (Wildman–Crippen LogP) is 0.0659.